The number of sulfone groups is 1. The first kappa shape index (κ1) is 23.4. The highest BCUT2D eigenvalue weighted by molar-refractivity contribution is 14.0. The normalized spacial score (nSPS) is 11.6. The van der Waals surface area contributed by atoms with Gasteiger partial charge in [0.15, 0.2) is 15.8 Å². The SMILES string of the molecule is CN=C(NCCc1ccc(S(C)(=O)=O)cc1)NCCc1cccc(C)c1.I. The van der Waals surface area contributed by atoms with Crippen molar-refractivity contribution in [1.29, 1.82) is 0 Å². The molecule has 148 valence electrons. The third-order valence-corrected chi connectivity index (χ3v) is 5.20. The highest BCUT2D eigenvalue weighted by Crippen LogP contribution is 2.10. The van der Waals surface area contributed by atoms with Crippen molar-refractivity contribution < 1.29 is 8.42 Å². The first-order chi connectivity index (χ1) is 12.4. The van der Waals surface area contributed by atoms with Crippen LogP contribution in [-0.2, 0) is 22.7 Å². The maximum Gasteiger partial charge on any atom is 0.190 e. The van der Waals surface area contributed by atoms with Gasteiger partial charge in [0.2, 0.25) is 0 Å². The zero-order chi connectivity index (χ0) is 19.0. The van der Waals surface area contributed by atoms with Crippen molar-refractivity contribution in [2.45, 2.75) is 24.7 Å². The molecule has 0 atom stereocenters. The summed E-state index contributed by atoms with van der Waals surface area (Å²) in [5.41, 5.74) is 3.66. The molecule has 2 rings (SSSR count). The number of nitrogens with zero attached hydrogens (tertiary/aromatic N) is 1. The first-order valence-corrected chi connectivity index (χ1v) is 10.6. The molecule has 0 saturated heterocycles. The number of hydrogen-bond acceptors (Lipinski definition) is 3. The van der Waals surface area contributed by atoms with Gasteiger partial charge in [0.05, 0.1) is 4.90 Å². The minimum absolute atomic E-state index is 0. The summed E-state index contributed by atoms with van der Waals surface area (Å²) in [7, 11) is -1.39. The number of guanidine groups is 1. The third kappa shape index (κ3) is 8.30. The average Bonchev–Trinajstić information content (AvgIpc) is 2.60. The van der Waals surface area contributed by atoms with Crippen LogP contribution in [0.1, 0.15) is 16.7 Å². The van der Waals surface area contributed by atoms with E-state index >= 15 is 0 Å². The highest BCUT2D eigenvalue weighted by atomic mass is 127. The Morgan fingerprint density at radius 3 is 2.07 bits per heavy atom. The van der Waals surface area contributed by atoms with E-state index in [4.69, 9.17) is 0 Å². The summed E-state index contributed by atoms with van der Waals surface area (Å²) in [6.07, 6.45) is 2.95. The molecular weight excluding hydrogens is 473 g/mol. The standard InChI is InChI=1S/C20H27N3O2S.HI/c1-16-5-4-6-18(15-16)12-14-23-20(21-2)22-13-11-17-7-9-19(10-8-17)26(3,24)25;/h4-10,15H,11-14H2,1-3H3,(H2,21,22,23);1H. The Balaban J connectivity index is 0.00000364. The molecule has 0 aliphatic carbocycles. The fourth-order valence-electron chi connectivity index (χ4n) is 2.64. The van der Waals surface area contributed by atoms with E-state index in [1.165, 1.54) is 17.4 Å². The van der Waals surface area contributed by atoms with Crippen LogP contribution >= 0.6 is 24.0 Å². The maximum absolute atomic E-state index is 11.5. The summed E-state index contributed by atoms with van der Waals surface area (Å²) in [6.45, 7) is 3.63. The molecule has 0 heterocycles. The summed E-state index contributed by atoms with van der Waals surface area (Å²) in [6, 6.07) is 15.5. The van der Waals surface area contributed by atoms with E-state index in [1.807, 2.05) is 12.1 Å². The van der Waals surface area contributed by atoms with Crippen molar-refractivity contribution in [2.24, 2.45) is 4.99 Å². The molecule has 0 saturated carbocycles. The lowest BCUT2D eigenvalue weighted by Gasteiger charge is -2.12. The molecule has 2 aromatic rings. The van der Waals surface area contributed by atoms with E-state index in [0.717, 1.165) is 37.5 Å². The molecule has 0 unspecified atom stereocenters. The zero-order valence-electron chi connectivity index (χ0n) is 16.0. The fourth-order valence-corrected chi connectivity index (χ4v) is 3.27. The van der Waals surface area contributed by atoms with Gasteiger partial charge in [-0.05, 0) is 43.0 Å². The predicted molar refractivity (Wildman–Crippen MR) is 123 cm³/mol. The van der Waals surface area contributed by atoms with Crippen molar-refractivity contribution >= 4 is 39.8 Å². The number of rotatable bonds is 7. The van der Waals surface area contributed by atoms with E-state index < -0.39 is 9.84 Å². The monoisotopic (exact) mass is 501 g/mol. The highest BCUT2D eigenvalue weighted by Gasteiger charge is 2.06. The lowest BCUT2D eigenvalue weighted by Crippen LogP contribution is -2.39. The van der Waals surface area contributed by atoms with Gasteiger partial charge in [0, 0.05) is 26.4 Å². The van der Waals surface area contributed by atoms with Crippen LogP contribution in [0.4, 0.5) is 0 Å². The quantitative estimate of drug-likeness (QED) is 0.348. The van der Waals surface area contributed by atoms with Gasteiger partial charge in [0.1, 0.15) is 0 Å². The molecular formula is C20H28IN3O2S. The Morgan fingerprint density at radius 2 is 1.56 bits per heavy atom. The third-order valence-electron chi connectivity index (χ3n) is 4.07. The zero-order valence-corrected chi connectivity index (χ0v) is 19.2. The topological polar surface area (TPSA) is 70.6 Å². The van der Waals surface area contributed by atoms with Crippen LogP contribution < -0.4 is 10.6 Å². The van der Waals surface area contributed by atoms with Crippen LogP contribution in [-0.4, -0.2) is 40.8 Å². The minimum atomic E-state index is -3.14. The van der Waals surface area contributed by atoms with Crippen LogP contribution in [0.25, 0.3) is 0 Å². The van der Waals surface area contributed by atoms with Gasteiger partial charge in [-0.2, -0.15) is 0 Å². The lowest BCUT2D eigenvalue weighted by atomic mass is 10.1. The van der Waals surface area contributed by atoms with E-state index in [2.05, 4.69) is 46.8 Å². The van der Waals surface area contributed by atoms with Gasteiger partial charge >= 0.3 is 0 Å². The molecule has 0 amide bonds. The first-order valence-electron chi connectivity index (χ1n) is 8.67. The molecule has 0 bridgehead atoms. The van der Waals surface area contributed by atoms with Crippen molar-refractivity contribution in [1.82, 2.24) is 10.6 Å². The minimum Gasteiger partial charge on any atom is -0.356 e. The maximum atomic E-state index is 11.5. The average molecular weight is 501 g/mol. The number of benzene rings is 2. The van der Waals surface area contributed by atoms with Crippen LogP contribution in [0, 0.1) is 6.92 Å². The number of halogens is 1. The Hall–Kier alpha value is -1.61. The molecule has 0 aromatic heterocycles. The van der Waals surface area contributed by atoms with Crippen LogP contribution in [0.3, 0.4) is 0 Å². The molecule has 2 aromatic carbocycles. The van der Waals surface area contributed by atoms with Crippen LogP contribution in [0.2, 0.25) is 0 Å². The Bertz CT molecular complexity index is 850. The number of aliphatic imine (C=N–C) groups is 1. The molecule has 0 aliphatic heterocycles. The van der Waals surface area contributed by atoms with Crippen molar-refractivity contribution in [3.8, 4) is 0 Å². The molecule has 0 fully saturated rings. The Labute approximate surface area is 179 Å². The van der Waals surface area contributed by atoms with Crippen LogP contribution in [0.5, 0.6) is 0 Å². The van der Waals surface area contributed by atoms with Gasteiger partial charge in [-0.25, -0.2) is 8.42 Å². The second-order valence-corrected chi connectivity index (χ2v) is 8.35. The Morgan fingerprint density at radius 1 is 0.963 bits per heavy atom. The van der Waals surface area contributed by atoms with E-state index in [-0.39, 0.29) is 24.0 Å². The molecule has 7 heteroatoms. The van der Waals surface area contributed by atoms with Gasteiger partial charge in [-0.15, -0.1) is 24.0 Å². The second-order valence-electron chi connectivity index (χ2n) is 6.33. The molecule has 5 nitrogen and oxygen atoms in total. The van der Waals surface area contributed by atoms with Crippen molar-refractivity contribution in [3.63, 3.8) is 0 Å². The molecule has 0 radical (unpaired) electrons. The number of hydrogen-bond donors (Lipinski definition) is 2. The summed E-state index contributed by atoms with van der Waals surface area (Å²) in [5.74, 6) is 0.769. The predicted octanol–water partition coefficient (Wildman–Crippen LogP) is 2.97. The van der Waals surface area contributed by atoms with Crippen molar-refractivity contribution in [2.75, 3.05) is 26.4 Å². The van der Waals surface area contributed by atoms with E-state index in [1.54, 1.807) is 19.2 Å². The fraction of sp³-hybridized carbons (Fsp3) is 0.350. The molecule has 2 N–H and O–H groups in total. The smallest absolute Gasteiger partial charge is 0.190 e. The van der Waals surface area contributed by atoms with Gasteiger partial charge in [-0.3, -0.25) is 4.99 Å². The van der Waals surface area contributed by atoms with Gasteiger partial charge < -0.3 is 10.6 Å². The van der Waals surface area contributed by atoms with Gasteiger partial charge in [-0.1, -0.05) is 42.0 Å². The molecule has 0 spiro atoms. The van der Waals surface area contributed by atoms with E-state index in [0.29, 0.717) is 4.90 Å². The number of nitrogens with one attached hydrogen (secondary N) is 2. The van der Waals surface area contributed by atoms with Crippen molar-refractivity contribution in [3.05, 3.63) is 65.2 Å². The summed E-state index contributed by atoms with van der Waals surface area (Å²) in [4.78, 5) is 4.58. The second kappa shape index (κ2) is 11.3. The Kier molecular flexibility index (Phi) is 9.79. The summed E-state index contributed by atoms with van der Waals surface area (Å²) in [5, 5.41) is 6.59. The molecule has 27 heavy (non-hydrogen) atoms. The van der Waals surface area contributed by atoms with Crippen LogP contribution in [0.15, 0.2) is 58.4 Å². The number of aryl methyl sites for hydroxylation is 1. The molecule has 0 aliphatic rings. The largest absolute Gasteiger partial charge is 0.356 e. The van der Waals surface area contributed by atoms with Gasteiger partial charge in [0.25, 0.3) is 0 Å². The van der Waals surface area contributed by atoms with E-state index in [9.17, 15) is 8.42 Å². The summed E-state index contributed by atoms with van der Waals surface area (Å²) < 4.78 is 22.9. The summed E-state index contributed by atoms with van der Waals surface area (Å²) >= 11 is 0. The lowest BCUT2D eigenvalue weighted by molar-refractivity contribution is 0.602.